The van der Waals surface area contributed by atoms with E-state index in [-0.39, 0.29) is 23.0 Å². The molecule has 9 heteroatoms. The summed E-state index contributed by atoms with van der Waals surface area (Å²) in [4.78, 5) is 33.9. The van der Waals surface area contributed by atoms with Crippen molar-refractivity contribution >= 4 is 34.9 Å². The minimum absolute atomic E-state index is 0.0497. The van der Waals surface area contributed by atoms with Gasteiger partial charge in [0.2, 0.25) is 0 Å². The molecule has 1 atom stereocenters. The normalized spacial score (nSPS) is 11.5. The van der Waals surface area contributed by atoms with E-state index in [9.17, 15) is 19.7 Å². The smallest absolute Gasteiger partial charge is 0.340 e. The second kappa shape index (κ2) is 8.30. The molecular weight excluding hydrogens is 362 g/mol. The Kier molecular flexibility index (Phi) is 6.13. The molecule has 26 heavy (non-hydrogen) atoms. The number of esters is 1. The molecule has 136 valence electrons. The third-order valence-electron chi connectivity index (χ3n) is 3.53. The number of nitrogens with zero attached hydrogens (tertiary/aromatic N) is 1. The number of nitro groups is 1. The molecule has 3 N–H and O–H groups in total. The van der Waals surface area contributed by atoms with Crippen molar-refractivity contribution in [2.24, 2.45) is 0 Å². The summed E-state index contributed by atoms with van der Waals surface area (Å²) in [5.74, 6) is -1.35. The summed E-state index contributed by atoms with van der Waals surface area (Å²) in [6.07, 6.45) is 0. The van der Waals surface area contributed by atoms with E-state index in [1.54, 1.807) is 31.2 Å². The number of hydrogen-bond acceptors (Lipinski definition) is 6. The number of non-ortho nitro benzene ring substituents is 1. The Balaban J connectivity index is 1.92. The largest absolute Gasteiger partial charge is 0.452 e. The number of rotatable bonds is 6. The first-order valence-electron chi connectivity index (χ1n) is 7.54. The van der Waals surface area contributed by atoms with Crippen LogP contribution in [0.4, 0.5) is 11.4 Å². The van der Waals surface area contributed by atoms with Gasteiger partial charge in [-0.25, -0.2) is 4.79 Å². The van der Waals surface area contributed by atoms with Gasteiger partial charge in [-0.15, -0.1) is 0 Å². The number of carbonyl (C=O) groups excluding carboxylic acids is 2. The van der Waals surface area contributed by atoms with Crippen molar-refractivity contribution < 1.29 is 19.2 Å². The highest BCUT2D eigenvalue weighted by Gasteiger charge is 2.17. The number of nitrogen functional groups attached to an aromatic ring is 1. The predicted octanol–water partition coefficient (Wildman–Crippen LogP) is 2.86. The molecule has 8 nitrogen and oxygen atoms in total. The maximum Gasteiger partial charge on any atom is 0.340 e. The van der Waals surface area contributed by atoms with Crippen molar-refractivity contribution in [1.82, 2.24) is 5.32 Å². The molecule has 2 rings (SSSR count). The number of amides is 1. The molecule has 0 unspecified atom stereocenters. The van der Waals surface area contributed by atoms with Gasteiger partial charge in [-0.1, -0.05) is 23.7 Å². The van der Waals surface area contributed by atoms with E-state index in [1.165, 1.54) is 6.07 Å². The summed E-state index contributed by atoms with van der Waals surface area (Å²) in [5, 5.41) is 13.9. The molecule has 0 radical (unpaired) electrons. The minimum atomic E-state index is -0.844. The van der Waals surface area contributed by atoms with Gasteiger partial charge in [0.05, 0.1) is 22.2 Å². The molecule has 0 saturated heterocycles. The third kappa shape index (κ3) is 4.93. The Morgan fingerprint density at radius 1 is 1.31 bits per heavy atom. The molecule has 0 aliphatic heterocycles. The molecule has 0 spiro atoms. The minimum Gasteiger partial charge on any atom is -0.452 e. The Hall–Kier alpha value is -3.13. The highest BCUT2D eigenvalue weighted by molar-refractivity contribution is 6.30. The van der Waals surface area contributed by atoms with E-state index in [0.717, 1.165) is 17.7 Å². The highest BCUT2D eigenvalue weighted by Crippen LogP contribution is 2.20. The van der Waals surface area contributed by atoms with Gasteiger partial charge in [0, 0.05) is 17.2 Å². The summed E-state index contributed by atoms with van der Waals surface area (Å²) in [7, 11) is 0. The first-order chi connectivity index (χ1) is 12.3. The maximum atomic E-state index is 12.0. The fraction of sp³-hybridized carbons (Fsp3) is 0.176. The molecule has 0 aliphatic carbocycles. The lowest BCUT2D eigenvalue weighted by Gasteiger charge is -2.15. The van der Waals surface area contributed by atoms with Gasteiger partial charge in [-0.3, -0.25) is 14.9 Å². The fourth-order valence-corrected chi connectivity index (χ4v) is 2.40. The SMILES string of the molecule is C[C@H](NC(=O)COC(=O)c1ccc([N+](=O)[O-])cc1N)c1cccc(Cl)c1. The first kappa shape index (κ1) is 19.2. The van der Waals surface area contributed by atoms with Crippen molar-refractivity contribution in [2.45, 2.75) is 13.0 Å². The zero-order valence-electron chi connectivity index (χ0n) is 13.8. The number of halogens is 1. The van der Waals surface area contributed by atoms with Crippen molar-refractivity contribution in [1.29, 1.82) is 0 Å². The van der Waals surface area contributed by atoms with E-state index in [0.29, 0.717) is 5.02 Å². The molecule has 0 aliphatic rings. The molecular formula is C17H16ClN3O5. The van der Waals surface area contributed by atoms with Gasteiger partial charge in [0.25, 0.3) is 11.6 Å². The molecule has 2 aromatic rings. The number of ether oxygens (including phenoxy) is 1. The van der Waals surface area contributed by atoms with Crippen LogP contribution in [0.3, 0.4) is 0 Å². The Morgan fingerprint density at radius 3 is 2.65 bits per heavy atom. The van der Waals surface area contributed by atoms with Crippen LogP contribution in [0, 0.1) is 10.1 Å². The van der Waals surface area contributed by atoms with Gasteiger partial charge in [0.15, 0.2) is 6.61 Å². The van der Waals surface area contributed by atoms with Gasteiger partial charge in [0.1, 0.15) is 0 Å². The highest BCUT2D eigenvalue weighted by atomic mass is 35.5. The number of nitrogens with two attached hydrogens (primary N) is 1. The van der Waals surface area contributed by atoms with Crippen LogP contribution >= 0.6 is 11.6 Å². The molecule has 0 bridgehead atoms. The third-order valence-corrected chi connectivity index (χ3v) is 3.76. The van der Waals surface area contributed by atoms with Crippen LogP contribution in [0.2, 0.25) is 5.02 Å². The average Bonchev–Trinajstić information content (AvgIpc) is 2.59. The number of anilines is 1. The summed E-state index contributed by atoms with van der Waals surface area (Å²) < 4.78 is 4.90. The molecule has 1 amide bonds. The lowest BCUT2D eigenvalue weighted by Crippen LogP contribution is -2.31. The van der Waals surface area contributed by atoms with Gasteiger partial charge < -0.3 is 15.8 Å². The van der Waals surface area contributed by atoms with E-state index >= 15 is 0 Å². The second-order valence-corrected chi connectivity index (χ2v) is 5.89. The lowest BCUT2D eigenvalue weighted by atomic mass is 10.1. The monoisotopic (exact) mass is 377 g/mol. The quantitative estimate of drug-likeness (QED) is 0.345. The summed E-state index contributed by atoms with van der Waals surface area (Å²) in [5.41, 5.74) is 6.03. The second-order valence-electron chi connectivity index (χ2n) is 5.45. The summed E-state index contributed by atoms with van der Waals surface area (Å²) in [6, 6.07) is 10.0. The number of nitrogens with one attached hydrogen (secondary N) is 1. The van der Waals surface area contributed by atoms with Crippen LogP contribution in [-0.4, -0.2) is 23.4 Å². The Morgan fingerprint density at radius 2 is 2.04 bits per heavy atom. The van der Waals surface area contributed by atoms with Crippen LogP contribution in [0.25, 0.3) is 0 Å². The Labute approximate surface area is 154 Å². The number of benzene rings is 2. The fourth-order valence-electron chi connectivity index (χ4n) is 2.20. The maximum absolute atomic E-state index is 12.0. The number of hydrogen-bond donors (Lipinski definition) is 2. The van der Waals surface area contributed by atoms with E-state index < -0.39 is 23.4 Å². The lowest BCUT2D eigenvalue weighted by molar-refractivity contribution is -0.384. The predicted molar refractivity (Wildman–Crippen MR) is 95.8 cm³/mol. The van der Waals surface area contributed by atoms with Crippen molar-refractivity contribution in [3.8, 4) is 0 Å². The van der Waals surface area contributed by atoms with Crippen molar-refractivity contribution in [3.05, 3.63) is 68.7 Å². The van der Waals surface area contributed by atoms with E-state index in [4.69, 9.17) is 22.1 Å². The van der Waals surface area contributed by atoms with Crippen molar-refractivity contribution in [3.63, 3.8) is 0 Å². The van der Waals surface area contributed by atoms with Gasteiger partial charge in [-0.2, -0.15) is 0 Å². The van der Waals surface area contributed by atoms with E-state index in [1.807, 2.05) is 0 Å². The van der Waals surface area contributed by atoms with E-state index in [2.05, 4.69) is 5.32 Å². The van der Waals surface area contributed by atoms with Gasteiger partial charge >= 0.3 is 5.97 Å². The van der Waals surface area contributed by atoms with Gasteiger partial charge in [-0.05, 0) is 30.7 Å². The van der Waals surface area contributed by atoms with Crippen LogP contribution in [0.1, 0.15) is 28.9 Å². The standard InChI is InChI=1S/C17H16ClN3O5/c1-10(11-3-2-4-12(18)7-11)20-16(22)9-26-17(23)14-6-5-13(21(24)25)8-15(14)19/h2-8,10H,9,19H2,1H3,(H,20,22)/t10-/m0/s1. The zero-order valence-corrected chi connectivity index (χ0v) is 14.5. The van der Waals surface area contributed by atoms with Crippen LogP contribution in [0.5, 0.6) is 0 Å². The van der Waals surface area contributed by atoms with Crippen LogP contribution < -0.4 is 11.1 Å². The molecule has 0 heterocycles. The zero-order chi connectivity index (χ0) is 19.3. The van der Waals surface area contributed by atoms with Crippen LogP contribution in [-0.2, 0) is 9.53 Å². The summed E-state index contributed by atoms with van der Waals surface area (Å²) >= 11 is 5.91. The topological polar surface area (TPSA) is 125 Å². The molecule has 0 saturated carbocycles. The molecule has 2 aromatic carbocycles. The first-order valence-corrected chi connectivity index (χ1v) is 7.91. The Bertz CT molecular complexity index is 856. The molecule has 0 fully saturated rings. The number of carbonyl (C=O) groups is 2. The molecule has 0 aromatic heterocycles. The number of nitro benzene ring substituents is 1. The summed E-state index contributed by atoms with van der Waals surface area (Å²) in [6.45, 7) is 1.25. The van der Waals surface area contributed by atoms with Crippen molar-refractivity contribution in [2.75, 3.05) is 12.3 Å². The average molecular weight is 378 g/mol. The van der Waals surface area contributed by atoms with Crippen LogP contribution in [0.15, 0.2) is 42.5 Å².